The highest BCUT2D eigenvalue weighted by atomic mass is 16.6. The number of hydrogen-bond acceptors (Lipinski definition) is 4. The fourth-order valence-corrected chi connectivity index (χ4v) is 3.19. The molecule has 27 heavy (non-hydrogen) atoms. The SMILES string of the molecule is CCN(Cc1ccc(C#N)cc1)C(=O)[C@H]1CCCCN1C(=O)OC(C)(C)C. The van der Waals surface area contributed by atoms with Crippen molar-refractivity contribution in [2.75, 3.05) is 13.1 Å². The predicted molar refractivity (Wildman–Crippen MR) is 103 cm³/mol. The fourth-order valence-electron chi connectivity index (χ4n) is 3.19. The van der Waals surface area contributed by atoms with Gasteiger partial charge in [0.1, 0.15) is 11.6 Å². The van der Waals surface area contributed by atoms with Crippen LogP contribution in [0, 0.1) is 11.3 Å². The number of ether oxygens (including phenoxy) is 1. The molecule has 1 aromatic rings. The molecule has 1 saturated heterocycles. The molecule has 0 aliphatic carbocycles. The highest BCUT2D eigenvalue weighted by Crippen LogP contribution is 2.23. The lowest BCUT2D eigenvalue weighted by molar-refractivity contribution is -0.138. The van der Waals surface area contributed by atoms with Gasteiger partial charge in [0.25, 0.3) is 0 Å². The van der Waals surface area contributed by atoms with Gasteiger partial charge in [-0.1, -0.05) is 12.1 Å². The largest absolute Gasteiger partial charge is 0.444 e. The van der Waals surface area contributed by atoms with Crippen LogP contribution in [0.3, 0.4) is 0 Å². The fraction of sp³-hybridized carbons (Fsp3) is 0.571. The number of carbonyl (C=O) groups is 2. The van der Waals surface area contributed by atoms with Crippen LogP contribution in [0.5, 0.6) is 0 Å². The number of carbonyl (C=O) groups excluding carboxylic acids is 2. The van der Waals surface area contributed by atoms with E-state index < -0.39 is 17.7 Å². The molecule has 0 radical (unpaired) electrons. The minimum atomic E-state index is -0.588. The first-order chi connectivity index (χ1) is 12.7. The number of piperidine rings is 1. The number of likely N-dealkylation sites (N-methyl/N-ethyl adjacent to an activating group) is 1. The van der Waals surface area contributed by atoms with Gasteiger partial charge in [-0.15, -0.1) is 0 Å². The second-order valence-corrected chi connectivity index (χ2v) is 7.85. The van der Waals surface area contributed by atoms with Crippen LogP contribution in [0.1, 0.15) is 58.1 Å². The van der Waals surface area contributed by atoms with E-state index in [1.807, 2.05) is 39.8 Å². The molecule has 6 heteroatoms. The third kappa shape index (κ3) is 5.72. The van der Waals surface area contributed by atoms with Gasteiger partial charge in [0.15, 0.2) is 0 Å². The minimum Gasteiger partial charge on any atom is -0.444 e. The highest BCUT2D eigenvalue weighted by Gasteiger charge is 2.36. The first-order valence-electron chi connectivity index (χ1n) is 9.52. The summed E-state index contributed by atoms with van der Waals surface area (Å²) in [6.07, 6.45) is 2.03. The summed E-state index contributed by atoms with van der Waals surface area (Å²) < 4.78 is 5.50. The first-order valence-corrected chi connectivity index (χ1v) is 9.52. The van der Waals surface area contributed by atoms with Gasteiger partial charge in [-0.3, -0.25) is 9.69 Å². The van der Waals surface area contributed by atoms with E-state index in [1.54, 1.807) is 21.9 Å². The number of amides is 2. The van der Waals surface area contributed by atoms with E-state index in [9.17, 15) is 9.59 Å². The molecule has 1 aromatic carbocycles. The van der Waals surface area contributed by atoms with Crippen molar-refractivity contribution in [3.05, 3.63) is 35.4 Å². The van der Waals surface area contributed by atoms with Crippen LogP contribution in [-0.4, -0.2) is 46.5 Å². The molecule has 0 spiro atoms. The number of rotatable bonds is 4. The van der Waals surface area contributed by atoms with Crippen molar-refractivity contribution in [3.8, 4) is 6.07 Å². The van der Waals surface area contributed by atoms with Gasteiger partial charge in [0.05, 0.1) is 11.6 Å². The Hall–Kier alpha value is -2.55. The Bertz CT molecular complexity index is 701. The van der Waals surface area contributed by atoms with Crippen LogP contribution < -0.4 is 0 Å². The molecule has 2 rings (SSSR count). The molecule has 1 fully saturated rings. The predicted octanol–water partition coefficient (Wildman–Crippen LogP) is 3.70. The second-order valence-electron chi connectivity index (χ2n) is 7.85. The van der Waals surface area contributed by atoms with Gasteiger partial charge in [0, 0.05) is 19.6 Å². The smallest absolute Gasteiger partial charge is 0.410 e. The Balaban J connectivity index is 2.12. The zero-order valence-corrected chi connectivity index (χ0v) is 16.7. The van der Waals surface area contributed by atoms with E-state index in [0.717, 1.165) is 18.4 Å². The summed E-state index contributed by atoms with van der Waals surface area (Å²) in [5.41, 5.74) is 0.968. The molecule has 1 aliphatic heterocycles. The monoisotopic (exact) mass is 371 g/mol. The van der Waals surface area contributed by atoms with Gasteiger partial charge >= 0.3 is 6.09 Å². The van der Waals surface area contributed by atoms with Gasteiger partial charge in [-0.25, -0.2) is 4.79 Å². The van der Waals surface area contributed by atoms with E-state index in [2.05, 4.69) is 6.07 Å². The Morgan fingerprint density at radius 3 is 2.48 bits per heavy atom. The summed E-state index contributed by atoms with van der Waals surface area (Å²) in [5, 5.41) is 8.91. The van der Waals surface area contributed by atoms with Crippen LogP contribution in [-0.2, 0) is 16.1 Å². The quantitative estimate of drug-likeness (QED) is 0.809. The molecule has 1 heterocycles. The topological polar surface area (TPSA) is 73.6 Å². The van der Waals surface area contributed by atoms with Crippen molar-refractivity contribution in [3.63, 3.8) is 0 Å². The molecule has 0 saturated carbocycles. The van der Waals surface area contributed by atoms with Gasteiger partial charge in [0.2, 0.25) is 5.91 Å². The maximum absolute atomic E-state index is 13.2. The van der Waals surface area contributed by atoms with Crippen molar-refractivity contribution < 1.29 is 14.3 Å². The van der Waals surface area contributed by atoms with Crippen molar-refractivity contribution in [2.45, 2.75) is 65.1 Å². The number of hydrogen-bond donors (Lipinski definition) is 0. The third-order valence-electron chi connectivity index (χ3n) is 4.57. The lowest BCUT2D eigenvalue weighted by atomic mass is 10.0. The highest BCUT2D eigenvalue weighted by molar-refractivity contribution is 5.86. The average Bonchev–Trinajstić information content (AvgIpc) is 2.64. The molecule has 1 atom stereocenters. The Kier molecular flexibility index (Phi) is 6.84. The van der Waals surface area contributed by atoms with Crippen LogP contribution in [0.4, 0.5) is 4.79 Å². The van der Waals surface area contributed by atoms with Crippen LogP contribution in [0.25, 0.3) is 0 Å². The van der Waals surface area contributed by atoms with Crippen LogP contribution in [0.2, 0.25) is 0 Å². The molecule has 1 aliphatic rings. The summed E-state index contributed by atoms with van der Waals surface area (Å²) >= 11 is 0. The van der Waals surface area contributed by atoms with Crippen molar-refractivity contribution in [2.24, 2.45) is 0 Å². The third-order valence-corrected chi connectivity index (χ3v) is 4.57. The lowest BCUT2D eigenvalue weighted by Crippen LogP contribution is -2.53. The Labute approximate surface area is 161 Å². The average molecular weight is 371 g/mol. The number of benzene rings is 1. The van der Waals surface area contributed by atoms with Crippen LogP contribution >= 0.6 is 0 Å². The van der Waals surface area contributed by atoms with E-state index >= 15 is 0 Å². The Morgan fingerprint density at radius 1 is 1.26 bits per heavy atom. The summed E-state index contributed by atoms with van der Waals surface area (Å²) in [6.45, 7) is 8.97. The van der Waals surface area contributed by atoms with Crippen LogP contribution in [0.15, 0.2) is 24.3 Å². The van der Waals surface area contributed by atoms with Gasteiger partial charge in [-0.2, -0.15) is 5.26 Å². The van der Waals surface area contributed by atoms with E-state index in [1.165, 1.54) is 0 Å². The summed E-state index contributed by atoms with van der Waals surface area (Å²) in [6, 6.07) is 8.84. The van der Waals surface area contributed by atoms with Crippen molar-refractivity contribution in [1.82, 2.24) is 9.80 Å². The molecule has 0 aromatic heterocycles. The molecular formula is C21H29N3O3. The molecule has 6 nitrogen and oxygen atoms in total. The zero-order chi connectivity index (χ0) is 20.0. The lowest BCUT2D eigenvalue weighted by Gasteiger charge is -2.38. The standard InChI is InChI=1S/C21H29N3O3/c1-5-23(15-17-11-9-16(14-22)10-12-17)19(25)18-8-6-7-13-24(18)20(26)27-21(2,3)4/h9-12,18H,5-8,13,15H2,1-4H3/t18-/m1/s1. The molecule has 0 unspecified atom stereocenters. The maximum Gasteiger partial charge on any atom is 0.410 e. The van der Waals surface area contributed by atoms with Crippen molar-refractivity contribution >= 4 is 12.0 Å². The summed E-state index contributed by atoms with van der Waals surface area (Å²) in [7, 11) is 0. The van der Waals surface area contributed by atoms with Crippen molar-refractivity contribution in [1.29, 1.82) is 5.26 Å². The van der Waals surface area contributed by atoms with E-state index in [0.29, 0.717) is 31.6 Å². The zero-order valence-electron chi connectivity index (χ0n) is 16.7. The number of nitriles is 1. The minimum absolute atomic E-state index is 0.0487. The molecule has 0 bridgehead atoms. The normalized spacial score (nSPS) is 17.1. The van der Waals surface area contributed by atoms with Gasteiger partial charge < -0.3 is 9.64 Å². The van der Waals surface area contributed by atoms with E-state index in [4.69, 9.17) is 10.00 Å². The first kappa shape index (κ1) is 20.8. The molecule has 2 amide bonds. The number of likely N-dealkylation sites (tertiary alicyclic amines) is 1. The molecule has 146 valence electrons. The Morgan fingerprint density at radius 2 is 1.93 bits per heavy atom. The summed E-state index contributed by atoms with van der Waals surface area (Å²) in [5.74, 6) is -0.0487. The molecule has 0 N–H and O–H groups in total. The molecular weight excluding hydrogens is 342 g/mol. The van der Waals surface area contributed by atoms with Gasteiger partial charge in [-0.05, 0) is 64.7 Å². The number of nitrogens with zero attached hydrogens (tertiary/aromatic N) is 3. The van der Waals surface area contributed by atoms with E-state index in [-0.39, 0.29) is 5.91 Å². The maximum atomic E-state index is 13.2. The summed E-state index contributed by atoms with van der Waals surface area (Å²) in [4.78, 5) is 29.1. The second kappa shape index (κ2) is 8.90.